The number of rotatable bonds is 5. The van der Waals surface area contributed by atoms with Gasteiger partial charge in [-0.2, -0.15) is 4.98 Å². The van der Waals surface area contributed by atoms with E-state index >= 15 is 0 Å². The van der Waals surface area contributed by atoms with Crippen molar-refractivity contribution in [1.29, 1.82) is 0 Å². The van der Waals surface area contributed by atoms with Crippen molar-refractivity contribution < 1.29 is 9.47 Å². The highest BCUT2D eigenvalue weighted by Crippen LogP contribution is 2.56. The van der Waals surface area contributed by atoms with Crippen LogP contribution in [0.2, 0.25) is 0 Å². The van der Waals surface area contributed by atoms with E-state index < -0.39 is 0 Å². The van der Waals surface area contributed by atoms with Gasteiger partial charge in [0.25, 0.3) is 0 Å². The number of ether oxygens (including phenoxy) is 2. The van der Waals surface area contributed by atoms with Crippen LogP contribution in [0, 0.1) is 17.8 Å². The van der Waals surface area contributed by atoms with E-state index in [2.05, 4.69) is 15.3 Å². The topological polar surface area (TPSA) is 82.3 Å². The molecule has 4 saturated carbocycles. The maximum Gasteiger partial charge on any atom is 0.248 e. The van der Waals surface area contributed by atoms with Crippen molar-refractivity contribution >= 4 is 11.5 Å². The second-order valence-corrected chi connectivity index (χ2v) is 8.52. The Morgan fingerprint density at radius 3 is 2.26 bits per heavy atom. The van der Waals surface area contributed by atoms with Crippen molar-refractivity contribution in [2.24, 2.45) is 17.8 Å². The van der Waals surface area contributed by atoms with E-state index in [-0.39, 0.29) is 5.54 Å². The summed E-state index contributed by atoms with van der Waals surface area (Å²) in [7, 11) is 1.62. The van der Waals surface area contributed by atoms with Gasteiger partial charge in [0, 0.05) is 5.54 Å². The first-order valence-electron chi connectivity index (χ1n) is 9.84. The Morgan fingerprint density at radius 1 is 1.00 bits per heavy atom. The fourth-order valence-corrected chi connectivity index (χ4v) is 5.88. The molecule has 0 atom stereocenters. The summed E-state index contributed by atoms with van der Waals surface area (Å²) in [4.78, 5) is 8.69. The molecule has 1 aromatic heterocycles. The third-order valence-electron chi connectivity index (χ3n) is 6.54. The van der Waals surface area contributed by atoms with Crippen molar-refractivity contribution in [3.63, 3.8) is 0 Å². The smallest absolute Gasteiger partial charge is 0.248 e. The van der Waals surface area contributed by atoms with Crippen LogP contribution in [0.1, 0.15) is 38.5 Å². The zero-order chi connectivity index (χ0) is 18.4. The van der Waals surface area contributed by atoms with Gasteiger partial charge < -0.3 is 20.5 Å². The van der Waals surface area contributed by atoms with Crippen LogP contribution in [0.25, 0.3) is 0 Å². The molecule has 4 fully saturated rings. The number of nitrogens with two attached hydrogens (primary N) is 1. The third-order valence-corrected chi connectivity index (χ3v) is 6.54. The van der Waals surface area contributed by atoms with Crippen molar-refractivity contribution in [2.45, 2.75) is 44.1 Å². The summed E-state index contributed by atoms with van der Waals surface area (Å²) in [6.07, 6.45) is 9.42. The van der Waals surface area contributed by atoms with Crippen LogP contribution < -0.4 is 20.5 Å². The summed E-state index contributed by atoms with van der Waals surface area (Å²) in [6.45, 7) is 0. The van der Waals surface area contributed by atoms with Gasteiger partial charge in [0.15, 0.2) is 17.3 Å². The van der Waals surface area contributed by atoms with Crippen molar-refractivity contribution in [3.05, 3.63) is 30.6 Å². The highest BCUT2D eigenvalue weighted by molar-refractivity contribution is 5.68. The molecule has 2 aromatic rings. The molecule has 4 aliphatic rings. The minimum atomic E-state index is 0.138. The van der Waals surface area contributed by atoms with Crippen molar-refractivity contribution in [1.82, 2.24) is 9.97 Å². The molecular formula is C21H26N4O2. The van der Waals surface area contributed by atoms with E-state index in [4.69, 9.17) is 15.2 Å². The quantitative estimate of drug-likeness (QED) is 0.823. The summed E-state index contributed by atoms with van der Waals surface area (Å²) in [5, 5.41) is 3.72. The lowest BCUT2D eigenvalue weighted by molar-refractivity contribution is 0.0106. The summed E-state index contributed by atoms with van der Waals surface area (Å²) in [5.41, 5.74) is 6.99. The molecule has 142 valence electrons. The van der Waals surface area contributed by atoms with E-state index in [1.165, 1.54) is 44.9 Å². The summed E-state index contributed by atoms with van der Waals surface area (Å²) >= 11 is 0. The number of hydrogen-bond acceptors (Lipinski definition) is 6. The van der Waals surface area contributed by atoms with E-state index in [1.807, 2.05) is 24.3 Å². The molecule has 6 rings (SSSR count). The second kappa shape index (κ2) is 6.29. The third kappa shape index (κ3) is 2.97. The number of para-hydroxylation sites is 2. The number of nitrogens with zero attached hydrogens (tertiary/aromatic N) is 2. The minimum absolute atomic E-state index is 0.138. The van der Waals surface area contributed by atoms with Gasteiger partial charge in [0.2, 0.25) is 5.88 Å². The summed E-state index contributed by atoms with van der Waals surface area (Å²) < 4.78 is 11.3. The molecule has 1 heterocycles. The van der Waals surface area contributed by atoms with Crippen LogP contribution >= 0.6 is 0 Å². The average Bonchev–Trinajstić information content (AvgIpc) is 2.64. The van der Waals surface area contributed by atoms with Gasteiger partial charge in [-0.25, -0.2) is 4.98 Å². The number of methoxy groups -OCH3 is 1. The number of nitrogen functional groups attached to an aromatic ring is 1. The van der Waals surface area contributed by atoms with Crippen LogP contribution in [-0.2, 0) is 0 Å². The molecule has 1 aromatic carbocycles. The second-order valence-electron chi connectivity index (χ2n) is 8.52. The monoisotopic (exact) mass is 366 g/mol. The highest BCUT2D eigenvalue weighted by Gasteiger charge is 2.51. The van der Waals surface area contributed by atoms with Crippen molar-refractivity contribution in [3.8, 4) is 17.4 Å². The Balaban J connectivity index is 1.41. The van der Waals surface area contributed by atoms with Crippen LogP contribution in [0.3, 0.4) is 0 Å². The van der Waals surface area contributed by atoms with Gasteiger partial charge in [-0.05, 0) is 68.4 Å². The number of hydrogen-bond donors (Lipinski definition) is 2. The molecule has 27 heavy (non-hydrogen) atoms. The average molecular weight is 366 g/mol. The summed E-state index contributed by atoms with van der Waals surface area (Å²) in [5.74, 6) is 4.86. The molecule has 6 heteroatoms. The predicted molar refractivity (Wildman–Crippen MR) is 104 cm³/mol. The molecule has 4 aliphatic carbocycles. The molecule has 3 N–H and O–H groups in total. The van der Waals surface area contributed by atoms with Crippen molar-refractivity contribution in [2.75, 3.05) is 18.2 Å². The van der Waals surface area contributed by atoms with Gasteiger partial charge in [0.1, 0.15) is 12.0 Å². The van der Waals surface area contributed by atoms with Gasteiger partial charge >= 0.3 is 0 Å². The Morgan fingerprint density at radius 2 is 1.63 bits per heavy atom. The van der Waals surface area contributed by atoms with Crippen LogP contribution in [0.4, 0.5) is 11.5 Å². The standard InChI is InChI=1S/C21H26N4O2/c1-26-16-4-2-3-5-17(16)27-20-18(22)19(23-12-24-20)25-21-9-13-6-14(10-21)8-15(7-13)11-21/h2-5,12-15H,6-11,22H2,1H3,(H,23,24,25). The van der Waals surface area contributed by atoms with E-state index in [1.54, 1.807) is 7.11 Å². The maximum absolute atomic E-state index is 6.40. The Bertz CT molecular complexity index is 819. The Labute approximate surface area is 159 Å². The zero-order valence-corrected chi connectivity index (χ0v) is 15.6. The van der Waals surface area contributed by atoms with Gasteiger partial charge in [-0.3, -0.25) is 0 Å². The molecular weight excluding hydrogens is 340 g/mol. The molecule has 4 bridgehead atoms. The predicted octanol–water partition coefficient (Wildman–Crippen LogP) is 4.24. The van der Waals surface area contributed by atoms with Crippen LogP contribution in [0.5, 0.6) is 17.4 Å². The van der Waals surface area contributed by atoms with Gasteiger partial charge in [-0.1, -0.05) is 12.1 Å². The Kier molecular flexibility index (Phi) is 3.88. The minimum Gasteiger partial charge on any atom is -0.493 e. The van der Waals surface area contributed by atoms with Crippen LogP contribution in [-0.4, -0.2) is 22.6 Å². The SMILES string of the molecule is COc1ccccc1Oc1ncnc(NC23CC4CC(CC(C4)C2)C3)c1N. The first-order chi connectivity index (χ1) is 13.1. The zero-order valence-electron chi connectivity index (χ0n) is 15.6. The highest BCUT2D eigenvalue weighted by atomic mass is 16.5. The molecule has 0 spiro atoms. The van der Waals surface area contributed by atoms with Gasteiger partial charge in [-0.15, -0.1) is 0 Å². The van der Waals surface area contributed by atoms with E-state index in [0.29, 0.717) is 28.9 Å². The first kappa shape index (κ1) is 16.7. The first-order valence-corrected chi connectivity index (χ1v) is 9.84. The molecule has 0 amide bonds. The maximum atomic E-state index is 6.40. The number of benzene rings is 1. The number of anilines is 2. The molecule has 0 saturated heterocycles. The molecule has 6 nitrogen and oxygen atoms in total. The number of nitrogens with one attached hydrogen (secondary N) is 1. The normalized spacial score (nSPS) is 30.9. The van der Waals surface area contributed by atoms with Crippen LogP contribution in [0.15, 0.2) is 30.6 Å². The molecule has 0 radical (unpaired) electrons. The van der Waals surface area contributed by atoms with Gasteiger partial charge in [0.05, 0.1) is 7.11 Å². The molecule has 0 unspecified atom stereocenters. The lowest BCUT2D eigenvalue weighted by Crippen LogP contribution is -2.55. The fourth-order valence-electron chi connectivity index (χ4n) is 5.88. The Hall–Kier alpha value is -2.50. The lowest BCUT2D eigenvalue weighted by atomic mass is 9.53. The fraction of sp³-hybridized carbons (Fsp3) is 0.524. The molecule has 0 aliphatic heterocycles. The van der Waals surface area contributed by atoms with E-state index in [0.717, 1.165) is 17.8 Å². The number of aromatic nitrogens is 2. The largest absolute Gasteiger partial charge is 0.493 e. The summed E-state index contributed by atoms with van der Waals surface area (Å²) in [6, 6.07) is 7.48. The van der Waals surface area contributed by atoms with E-state index in [9.17, 15) is 0 Å². The lowest BCUT2D eigenvalue weighted by Gasteiger charge is -2.57.